The quantitative estimate of drug-likeness (QED) is 0.764. The van der Waals surface area contributed by atoms with Gasteiger partial charge in [-0.1, -0.05) is 23.7 Å². The fraction of sp³-hybridized carbons (Fsp3) is 0.125. The Morgan fingerprint density at radius 3 is 2.28 bits per heavy atom. The van der Waals surface area contributed by atoms with Crippen LogP contribution in [0.25, 0.3) is 0 Å². The highest BCUT2D eigenvalue weighted by atomic mass is 35.5. The highest BCUT2D eigenvalue weighted by molar-refractivity contribution is 7.90. The molecule has 2 N–H and O–H groups in total. The number of carbonyl (C=O) groups excluding carboxylic acids is 2. The minimum Gasteiger partial charge on any atom is -0.482 e. The smallest absolute Gasteiger partial charge is 0.276 e. The van der Waals surface area contributed by atoms with E-state index >= 15 is 0 Å². The number of hydrazine groups is 1. The van der Waals surface area contributed by atoms with Crippen molar-refractivity contribution in [1.82, 2.24) is 10.9 Å². The number of hydrogen-bond acceptors (Lipinski definition) is 5. The largest absolute Gasteiger partial charge is 0.482 e. The van der Waals surface area contributed by atoms with Gasteiger partial charge < -0.3 is 4.74 Å². The molecule has 2 rings (SSSR count). The highest BCUT2D eigenvalue weighted by Crippen LogP contribution is 2.22. The molecule has 2 amide bonds. The van der Waals surface area contributed by atoms with E-state index in [4.69, 9.17) is 16.3 Å². The maximum Gasteiger partial charge on any atom is 0.276 e. The van der Waals surface area contributed by atoms with Crippen molar-refractivity contribution in [2.75, 3.05) is 12.9 Å². The highest BCUT2D eigenvalue weighted by Gasteiger charge is 2.11. The number of benzene rings is 2. The third-order valence-corrected chi connectivity index (χ3v) is 4.50. The third-order valence-electron chi connectivity index (χ3n) is 3.06. The first-order chi connectivity index (χ1) is 11.8. The van der Waals surface area contributed by atoms with Crippen molar-refractivity contribution in [1.29, 1.82) is 0 Å². The molecule has 0 aliphatic rings. The van der Waals surface area contributed by atoms with E-state index in [2.05, 4.69) is 10.9 Å². The first-order valence-corrected chi connectivity index (χ1v) is 9.31. The third kappa shape index (κ3) is 5.47. The van der Waals surface area contributed by atoms with Gasteiger partial charge in [-0.2, -0.15) is 0 Å². The van der Waals surface area contributed by atoms with Gasteiger partial charge in [-0.25, -0.2) is 8.42 Å². The topological polar surface area (TPSA) is 102 Å². The Labute approximate surface area is 149 Å². The number of ether oxygens (including phenoxy) is 1. The summed E-state index contributed by atoms with van der Waals surface area (Å²) in [6.45, 7) is -0.336. The molecule has 2 aromatic rings. The van der Waals surface area contributed by atoms with Crippen LogP contribution in [0.3, 0.4) is 0 Å². The summed E-state index contributed by atoms with van der Waals surface area (Å²) in [6, 6.07) is 12.0. The van der Waals surface area contributed by atoms with Crippen LogP contribution in [-0.2, 0) is 14.6 Å². The molecule has 0 heterocycles. The molecule has 0 spiro atoms. The standard InChI is InChI=1S/C16H15ClN2O5S/c1-25(22,23)12-8-6-11(7-9-12)16(21)19-18-15(20)10-24-14-5-3-2-4-13(14)17/h2-9H,10H2,1H3,(H,18,20)(H,19,21). The Hall–Kier alpha value is -2.58. The van der Waals surface area contributed by atoms with Gasteiger partial charge in [0.1, 0.15) is 5.75 Å². The monoisotopic (exact) mass is 382 g/mol. The maximum atomic E-state index is 11.9. The summed E-state index contributed by atoms with van der Waals surface area (Å²) in [7, 11) is -3.34. The molecule has 2 aromatic carbocycles. The molecule has 0 saturated carbocycles. The number of sulfone groups is 1. The summed E-state index contributed by atoms with van der Waals surface area (Å²) in [4.78, 5) is 23.7. The molecule has 9 heteroatoms. The zero-order valence-electron chi connectivity index (χ0n) is 13.2. The first-order valence-electron chi connectivity index (χ1n) is 7.04. The van der Waals surface area contributed by atoms with Crippen LogP contribution >= 0.6 is 11.6 Å². The number of hydrogen-bond donors (Lipinski definition) is 2. The summed E-state index contributed by atoms with van der Waals surface area (Å²) in [5.74, 6) is -0.825. The number of para-hydroxylation sites is 1. The summed E-state index contributed by atoms with van der Waals surface area (Å²) >= 11 is 5.89. The van der Waals surface area contributed by atoms with Gasteiger partial charge >= 0.3 is 0 Å². The fourth-order valence-corrected chi connectivity index (χ4v) is 2.61. The van der Waals surface area contributed by atoms with Gasteiger partial charge in [0.15, 0.2) is 16.4 Å². The molecule has 0 saturated heterocycles. The van der Waals surface area contributed by atoms with E-state index in [1.54, 1.807) is 24.3 Å². The Morgan fingerprint density at radius 2 is 1.68 bits per heavy atom. The average molecular weight is 383 g/mol. The fourth-order valence-electron chi connectivity index (χ4n) is 1.79. The van der Waals surface area contributed by atoms with Crippen LogP contribution < -0.4 is 15.6 Å². The second kappa shape index (κ2) is 8.00. The van der Waals surface area contributed by atoms with Crippen LogP contribution in [0.2, 0.25) is 5.02 Å². The predicted molar refractivity (Wildman–Crippen MR) is 92.1 cm³/mol. The van der Waals surface area contributed by atoms with Gasteiger partial charge in [-0.05, 0) is 36.4 Å². The molecule has 7 nitrogen and oxygen atoms in total. The minimum atomic E-state index is -3.34. The lowest BCUT2D eigenvalue weighted by Gasteiger charge is -2.10. The summed E-state index contributed by atoms with van der Waals surface area (Å²) in [6.07, 6.45) is 1.07. The van der Waals surface area contributed by atoms with Crippen molar-refractivity contribution in [3.8, 4) is 5.75 Å². The maximum absolute atomic E-state index is 11.9. The van der Waals surface area contributed by atoms with Crippen LogP contribution in [0.1, 0.15) is 10.4 Å². The number of halogens is 1. The van der Waals surface area contributed by atoms with E-state index in [1.807, 2.05) is 0 Å². The SMILES string of the molecule is CS(=O)(=O)c1ccc(C(=O)NNC(=O)COc2ccccc2Cl)cc1. The molecule has 132 valence electrons. The number of nitrogens with one attached hydrogen (secondary N) is 2. The van der Waals surface area contributed by atoms with Crippen molar-refractivity contribution < 1.29 is 22.7 Å². The first kappa shape index (κ1) is 18.8. The van der Waals surface area contributed by atoms with Crippen LogP contribution in [-0.4, -0.2) is 33.1 Å². The van der Waals surface area contributed by atoms with Gasteiger partial charge in [-0.3, -0.25) is 20.4 Å². The average Bonchev–Trinajstić information content (AvgIpc) is 2.58. The van der Waals surface area contributed by atoms with E-state index in [0.29, 0.717) is 10.8 Å². The van der Waals surface area contributed by atoms with Crippen molar-refractivity contribution in [2.45, 2.75) is 4.90 Å². The van der Waals surface area contributed by atoms with Gasteiger partial charge in [0.25, 0.3) is 11.8 Å². The second-order valence-corrected chi connectivity index (χ2v) is 7.44. The van der Waals surface area contributed by atoms with Crippen molar-refractivity contribution in [3.05, 3.63) is 59.1 Å². The molecule has 0 unspecified atom stereocenters. The Bertz CT molecular complexity index is 882. The van der Waals surface area contributed by atoms with Crippen LogP contribution in [0, 0.1) is 0 Å². The van der Waals surface area contributed by atoms with E-state index in [-0.39, 0.29) is 17.1 Å². The van der Waals surface area contributed by atoms with E-state index in [9.17, 15) is 18.0 Å². The molecular formula is C16H15ClN2O5S. The molecule has 0 fully saturated rings. The van der Waals surface area contributed by atoms with E-state index in [0.717, 1.165) is 6.26 Å². The van der Waals surface area contributed by atoms with Crippen molar-refractivity contribution in [3.63, 3.8) is 0 Å². The van der Waals surface area contributed by atoms with Crippen LogP contribution in [0.15, 0.2) is 53.4 Å². The minimum absolute atomic E-state index is 0.0984. The molecule has 0 aliphatic heterocycles. The Kier molecular flexibility index (Phi) is 6.00. The van der Waals surface area contributed by atoms with Crippen molar-refractivity contribution in [2.24, 2.45) is 0 Å². The zero-order chi connectivity index (χ0) is 18.4. The number of amides is 2. The molecule has 0 aromatic heterocycles. The lowest BCUT2D eigenvalue weighted by Crippen LogP contribution is -2.43. The van der Waals surface area contributed by atoms with E-state index < -0.39 is 21.7 Å². The molecule has 0 bridgehead atoms. The van der Waals surface area contributed by atoms with Crippen LogP contribution in [0.5, 0.6) is 5.75 Å². The van der Waals surface area contributed by atoms with Gasteiger partial charge in [0.05, 0.1) is 9.92 Å². The summed E-state index contributed by atoms with van der Waals surface area (Å²) in [5, 5.41) is 0.366. The van der Waals surface area contributed by atoms with Crippen LogP contribution in [0.4, 0.5) is 0 Å². The lowest BCUT2D eigenvalue weighted by molar-refractivity contribution is -0.123. The Balaban J connectivity index is 1.85. The van der Waals surface area contributed by atoms with Gasteiger partial charge in [0, 0.05) is 11.8 Å². The predicted octanol–water partition coefficient (Wildman–Crippen LogP) is 1.58. The van der Waals surface area contributed by atoms with Gasteiger partial charge in [0.2, 0.25) is 0 Å². The molecule has 0 radical (unpaired) electrons. The molecular weight excluding hydrogens is 368 g/mol. The normalized spacial score (nSPS) is 10.8. The van der Waals surface area contributed by atoms with E-state index in [1.165, 1.54) is 24.3 Å². The lowest BCUT2D eigenvalue weighted by atomic mass is 10.2. The molecule has 0 aliphatic carbocycles. The van der Waals surface area contributed by atoms with Gasteiger partial charge in [-0.15, -0.1) is 0 Å². The summed E-state index contributed by atoms with van der Waals surface area (Å²) < 4.78 is 27.9. The summed E-state index contributed by atoms with van der Waals surface area (Å²) in [5.41, 5.74) is 4.59. The number of carbonyl (C=O) groups is 2. The van der Waals surface area contributed by atoms with Crippen molar-refractivity contribution >= 4 is 33.3 Å². The Morgan fingerprint density at radius 1 is 1.04 bits per heavy atom. The second-order valence-electron chi connectivity index (χ2n) is 5.02. The number of rotatable bonds is 5. The molecule has 25 heavy (non-hydrogen) atoms. The molecule has 0 atom stereocenters. The zero-order valence-corrected chi connectivity index (χ0v) is 14.7.